The van der Waals surface area contributed by atoms with E-state index in [0.717, 1.165) is 5.56 Å². The molecule has 0 saturated carbocycles. The Morgan fingerprint density at radius 2 is 1.81 bits per heavy atom. The Hall–Kier alpha value is -2.28. The summed E-state index contributed by atoms with van der Waals surface area (Å²) in [6.07, 6.45) is -0.494. The van der Waals surface area contributed by atoms with Gasteiger partial charge in [0, 0.05) is 5.02 Å². The zero-order valence-electron chi connectivity index (χ0n) is 16.2. The zero-order chi connectivity index (χ0) is 20.6. The van der Waals surface area contributed by atoms with E-state index >= 15 is 0 Å². The number of methoxy groups -OCH3 is 1. The number of hydrogen-bond donors (Lipinski definition) is 1. The molecule has 0 aliphatic heterocycles. The summed E-state index contributed by atoms with van der Waals surface area (Å²) < 4.78 is 15.2. The van der Waals surface area contributed by atoms with Crippen LogP contribution < -0.4 is 10.1 Å². The van der Waals surface area contributed by atoms with Crippen molar-refractivity contribution >= 4 is 29.4 Å². The second-order valence-corrected chi connectivity index (χ2v) is 6.99. The monoisotopic (exact) mass is 399 g/mol. The molecule has 1 aromatic carbocycles. The van der Waals surface area contributed by atoms with Crippen molar-refractivity contribution < 1.29 is 28.6 Å². The Kier molecular flexibility index (Phi) is 9.08. The third-order valence-corrected chi connectivity index (χ3v) is 3.88. The van der Waals surface area contributed by atoms with Crippen molar-refractivity contribution in [3.05, 3.63) is 28.8 Å². The van der Waals surface area contributed by atoms with Crippen LogP contribution in [-0.2, 0) is 23.9 Å². The summed E-state index contributed by atoms with van der Waals surface area (Å²) in [6.45, 7) is 6.64. The number of hydrogen-bond acceptors (Lipinski definition) is 6. The molecule has 0 heterocycles. The fraction of sp³-hybridized carbons (Fsp3) is 0.526. The first-order valence-corrected chi connectivity index (χ1v) is 8.98. The predicted octanol–water partition coefficient (Wildman–Crippen LogP) is 2.66. The second kappa shape index (κ2) is 10.8. The van der Waals surface area contributed by atoms with Gasteiger partial charge in [-0.05, 0) is 49.9 Å². The number of amides is 1. The quantitative estimate of drug-likeness (QED) is 0.642. The van der Waals surface area contributed by atoms with Crippen LogP contribution in [0.2, 0.25) is 5.02 Å². The lowest BCUT2D eigenvalue weighted by Gasteiger charge is -2.19. The van der Waals surface area contributed by atoms with Crippen LogP contribution in [-0.4, -0.2) is 43.7 Å². The number of aryl methyl sites for hydroxylation is 1. The fourth-order valence-electron chi connectivity index (χ4n) is 2.30. The smallest absolute Gasteiger partial charge is 0.347 e. The predicted molar refractivity (Wildman–Crippen MR) is 101 cm³/mol. The van der Waals surface area contributed by atoms with E-state index in [-0.39, 0.29) is 5.92 Å². The molecular formula is C19H26ClNO6. The van der Waals surface area contributed by atoms with Gasteiger partial charge in [0.05, 0.1) is 7.11 Å². The minimum absolute atomic E-state index is 0.174. The molecule has 1 N–H and O–H groups in total. The molecule has 0 bridgehead atoms. The average Bonchev–Trinajstić information content (AvgIpc) is 2.60. The number of halogens is 1. The summed E-state index contributed by atoms with van der Waals surface area (Å²) >= 11 is 5.88. The Bertz CT molecular complexity index is 676. The molecule has 0 fully saturated rings. The number of nitrogens with one attached hydrogen (secondary N) is 1. The van der Waals surface area contributed by atoms with Crippen LogP contribution in [0.5, 0.6) is 5.75 Å². The summed E-state index contributed by atoms with van der Waals surface area (Å²) in [4.78, 5) is 35.7. The molecule has 0 saturated heterocycles. The van der Waals surface area contributed by atoms with Gasteiger partial charge in [-0.15, -0.1) is 0 Å². The second-order valence-electron chi connectivity index (χ2n) is 6.55. The third-order valence-electron chi connectivity index (χ3n) is 3.65. The molecule has 0 radical (unpaired) electrons. The van der Waals surface area contributed by atoms with Crippen molar-refractivity contribution in [1.82, 2.24) is 5.32 Å². The molecule has 1 aromatic rings. The van der Waals surface area contributed by atoms with E-state index in [1.807, 2.05) is 13.8 Å². The van der Waals surface area contributed by atoms with E-state index in [1.165, 1.54) is 14.0 Å². The minimum Gasteiger partial charge on any atom is -0.479 e. The first kappa shape index (κ1) is 22.8. The van der Waals surface area contributed by atoms with E-state index in [9.17, 15) is 14.4 Å². The van der Waals surface area contributed by atoms with E-state index in [2.05, 4.69) is 10.1 Å². The Balaban J connectivity index is 2.53. The average molecular weight is 400 g/mol. The Morgan fingerprint density at radius 3 is 2.37 bits per heavy atom. The number of rotatable bonds is 9. The van der Waals surface area contributed by atoms with Gasteiger partial charge >= 0.3 is 11.9 Å². The van der Waals surface area contributed by atoms with Crippen LogP contribution >= 0.6 is 11.6 Å². The van der Waals surface area contributed by atoms with Crippen molar-refractivity contribution in [2.75, 3.05) is 13.7 Å². The van der Waals surface area contributed by atoms with Gasteiger partial charge in [-0.3, -0.25) is 4.79 Å². The van der Waals surface area contributed by atoms with Crippen LogP contribution in [0.15, 0.2) is 18.2 Å². The van der Waals surface area contributed by atoms with E-state index < -0.39 is 36.6 Å². The number of carbonyl (C=O) groups excluding carboxylic acids is 3. The molecule has 0 aliphatic carbocycles. The lowest BCUT2D eigenvalue weighted by molar-refractivity contribution is -0.155. The van der Waals surface area contributed by atoms with Gasteiger partial charge in [0.2, 0.25) is 0 Å². The number of benzene rings is 1. The van der Waals surface area contributed by atoms with Crippen molar-refractivity contribution in [2.24, 2.45) is 5.92 Å². The standard InChI is InChI=1S/C19H26ClNO6/c1-11(2)8-15(19(24)25-5)21-17(22)10-26-18(23)13(4)27-16-7-6-14(20)9-12(16)3/h6-7,9,11,13,15H,8,10H2,1-5H3,(H,21,22). The maximum absolute atomic E-state index is 12.0. The fourth-order valence-corrected chi connectivity index (χ4v) is 2.53. The molecule has 1 rings (SSSR count). The Labute approximate surface area is 164 Å². The van der Waals surface area contributed by atoms with Gasteiger partial charge in [0.25, 0.3) is 5.91 Å². The normalized spacial score (nSPS) is 12.9. The summed E-state index contributed by atoms with van der Waals surface area (Å²) in [5, 5.41) is 3.08. The van der Waals surface area contributed by atoms with E-state index in [4.69, 9.17) is 21.1 Å². The molecule has 0 aliphatic rings. The number of ether oxygens (including phenoxy) is 3. The summed E-state index contributed by atoms with van der Waals surface area (Å²) in [5.41, 5.74) is 0.773. The third kappa shape index (κ3) is 7.86. The van der Waals surface area contributed by atoms with Crippen LogP contribution in [0.4, 0.5) is 0 Å². The molecule has 1 amide bonds. The van der Waals surface area contributed by atoms with Gasteiger partial charge in [0.1, 0.15) is 11.8 Å². The Morgan fingerprint density at radius 1 is 1.15 bits per heavy atom. The SMILES string of the molecule is COC(=O)C(CC(C)C)NC(=O)COC(=O)C(C)Oc1ccc(Cl)cc1C. The molecule has 27 heavy (non-hydrogen) atoms. The molecule has 7 nitrogen and oxygen atoms in total. The molecule has 150 valence electrons. The first-order valence-electron chi connectivity index (χ1n) is 8.60. The highest BCUT2D eigenvalue weighted by molar-refractivity contribution is 6.30. The molecule has 2 unspecified atom stereocenters. The maximum Gasteiger partial charge on any atom is 0.347 e. The summed E-state index contributed by atoms with van der Waals surface area (Å²) in [5.74, 6) is -1.16. The lowest BCUT2D eigenvalue weighted by Crippen LogP contribution is -2.44. The molecule has 0 aromatic heterocycles. The van der Waals surface area contributed by atoms with Crippen molar-refractivity contribution in [1.29, 1.82) is 0 Å². The zero-order valence-corrected chi connectivity index (χ0v) is 17.0. The lowest BCUT2D eigenvalue weighted by atomic mass is 10.0. The highest BCUT2D eigenvalue weighted by Gasteiger charge is 2.24. The van der Waals surface area contributed by atoms with Crippen LogP contribution in [0.3, 0.4) is 0 Å². The highest BCUT2D eigenvalue weighted by Crippen LogP contribution is 2.23. The van der Waals surface area contributed by atoms with E-state index in [1.54, 1.807) is 25.1 Å². The molecular weight excluding hydrogens is 374 g/mol. The van der Waals surface area contributed by atoms with E-state index in [0.29, 0.717) is 17.2 Å². The largest absolute Gasteiger partial charge is 0.479 e. The van der Waals surface area contributed by atoms with Crippen LogP contribution in [0.25, 0.3) is 0 Å². The van der Waals surface area contributed by atoms with Crippen LogP contribution in [0.1, 0.15) is 32.8 Å². The first-order chi connectivity index (χ1) is 12.6. The van der Waals surface area contributed by atoms with Crippen molar-refractivity contribution in [3.63, 3.8) is 0 Å². The topological polar surface area (TPSA) is 90.9 Å². The van der Waals surface area contributed by atoms with Crippen molar-refractivity contribution in [3.8, 4) is 5.75 Å². The van der Waals surface area contributed by atoms with Gasteiger partial charge in [-0.25, -0.2) is 9.59 Å². The maximum atomic E-state index is 12.0. The summed E-state index contributed by atoms with van der Waals surface area (Å²) in [7, 11) is 1.25. The number of esters is 2. The minimum atomic E-state index is -0.912. The summed E-state index contributed by atoms with van der Waals surface area (Å²) in [6, 6.07) is 4.23. The van der Waals surface area contributed by atoms with Gasteiger partial charge in [-0.2, -0.15) is 0 Å². The number of carbonyl (C=O) groups is 3. The van der Waals surface area contributed by atoms with Gasteiger partial charge in [0.15, 0.2) is 12.7 Å². The van der Waals surface area contributed by atoms with Gasteiger partial charge < -0.3 is 19.5 Å². The molecule has 0 spiro atoms. The van der Waals surface area contributed by atoms with Crippen LogP contribution in [0, 0.1) is 12.8 Å². The molecule has 2 atom stereocenters. The van der Waals surface area contributed by atoms with Crippen molar-refractivity contribution in [2.45, 2.75) is 46.3 Å². The molecule has 8 heteroatoms. The highest BCUT2D eigenvalue weighted by atomic mass is 35.5. The van der Waals surface area contributed by atoms with Gasteiger partial charge in [-0.1, -0.05) is 25.4 Å².